The molecular formula is C24H25N3O5. The number of aliphatic hydroxyl groups is 1. The van der Waals surface area contributed by atoms with Gasteiger partial charge in [0.15, 0.2) is 0 Å². The van der Waals surface area contributed by atoms with E-state index in [4.69, 9.17) is 9.15 Å². The van der Waals surface area contributed by atoms with E-state index in [0.29, 0.717) is 43.2 Å². The van der Waals surface area contributed by atoms with Gasteiger partial charge < -0.3 is 23.7 Å². The van der Waals surface area contributed by atoms with Gasteiger partial charge in [0.1, 0.15) is 23.3 Å². The number of ketones is 1. The highest BCUT2D eigenvalue weighted by Crippen LogP contribution is 2.39. The summed E-state index contributed by atoms with van der Waals surface area (Å²) in [5, 5.41) is 11.0. The van der Waals surface area contributed by atoms with Crippen LogP contribution in [0.3, 0.4) is 0 Å². The molecule has 1 aromatic carbocycles. The van der Waals surface area contributed by atoms with E-state index in [9.17, 15) is 14.7 Å². The van der Waals surface area contributed by atoms with Gasteiger partial charge in [0.05, 0.1) is 24.8 Å². The minimum atomic E-state index is -0.788. The molecule has 1 amide bonds. The Morgan fingerprint density at radius 1 is 1.19 bits per heavy atom. The average molecular weight is 435 g/mol. The second-order valence-corrected chi connectivity index (χ2v) is 7.53. The zero-order valence-corrected chi connectivity index (χ0v) is 17.8. The van der Waals surface area contributed by atoms with Crippen molar-refractivity contribution in [2.24, 2.45) is 0 Å². The summed E-state index contributed by atoms with van der Waals surface area (Å²) >= 11 is 0. The van der Waals surface area contributed by atoms with Crippen LogP contribution in [0.25, 0.3) is 5.76 Å². The summed E-state index contributed by atoms with van der Waals surface area (Å²) in [5.74, 6) is -0.509. The van der Waals surface area contributed by atoms with Crippen LogP contribution in [0.4, 0.5) is 0 Å². The Hall–Kier alpha value is -3.81. The van der Waals surface area contributed by atoms with Crippen molar-refractivity contribution in [3.63, 3.8) is 0 Å². The summed E-state index contributed by atoms with van der Waals surface area (Å²) < 4.78 is 13.0. The fourth-order valence-corrected chi connectivity index (χ4v) is 3.78. The first kappa shape index (κ1) is 21.4. The molecule has 166 valence electrons. The number of aryl methyl sites for hydroxylation is 1. The molecular weight excluding hydrogens is 410 g/mol. The number of rotatable bonds is 9. The number of imidazole rings is 1. The zero-order valence-electron chi connectivity index (χ0n) is 17.8. The zero-order chi connectivity index (χ0) is 22.5. The normalized spacial score (nSPS) is 17.8. The molecule has 0 radical (unpaired) electrons. The Kier molecular flexibility index (Phi) is 6.39. The van der Waals surface area contributed by atoms with E-state index in [0.717, 1.165) is 6.42 Å². The first-order valence-corrected chi connectivity index (χ1v) is 10.6. The van der Waals surface area contributed by atoms with Gasteiger partial charge in [-0.2, -0.15) is 0 Å². The number of furan rings is 1. The number of carbonyl (C=O) groups is 2. The molecule has 1 N–H and O–H groups in total. The minimum absolute atomic E-state index is 0.0230. The van der Waals surface area contributed by atoms with Crippen molar-refractivity contribution in [3.8, 4) is 5.75 Å². The average Bonchev–Trinajstić information content (AvgIpc) is 3.56. The Morgan fingerprint density at radius 2 is 2.00 bits per heavy atom. The number of aromatic nitrogens is 2. The van der Waals surface area contributed by atoms with Gasteiger partial charge in [0.2, 0.25) is 0 Å². The van der Waals surface area contributed by atoms with Gasteiger partial charge in [-0.1, -0.05) is 6.92 Å². The molecule has 1 saturated heterocycles. The van der Waals surface area contributed by atoms with E-state index in [2.05, 4.69) is 4.98 Å². The highest BCUT2D eigenvalue weighted by atomic mass is 16.5. The fraction of sp³-hybridized carbons (Fsp3) is 0.292. The Balaban J connectivity index is 1.63. The van der Waals surface area contributed by atoms with Crippen LogP contribution in [0, 0.1) is 0 Å². The van der Waals surface area contributed by atoms with Gasteiger partial charge in [0, 0.05) is 31.0 Å². The summed E-state index contributed by atoms with van der Waals surface area (Å²) in [6.45, 7) is 3.58. The molecule has 0 bridgehead atoms. The molecule has 0 unspecified atom stereocenters. The summed E-state index contributed by atoms with van der Waals surface area (Å²) in [6, 6.07) is 9.41. The molecule has 0 aliphatic carbocycles. The van der Waals surface area contributed by atoms with Gasteiger partial charge in [-0.05, 0) is 49.2 Å². The maximum atomic E-state index is 12.9. The highest BCUT2D eigenvalue weighted by Gasteiger charge is 2.47. The van der Waals surface area contributed by atoms with Crippen molar-refractivity contribution in [1.82, 2.24) is 14.5 Å². The van der Waals surface area contributed by atoms with Crippen molar-refractivity contribution in [1.29, 1.82) is 0 Å². The second-order valence-electron chi connectivity index (χ2n) is 7.53. The van der Waals surface area contributed by atoms with Crippen LogP contribution in [0.2, 0.25) is 0 Å². The maximum absolute atomic E-state index is 12.9. The number of Topliss-reactive ketones (excluding diaryl/α,β-unsaturated/α-hetero) is 1. The predicted octanol–water partition coefficient (Wildman–Crippen LogP) is 3.78. The molecule has 4 rings (SSSR count). The second kappa shape index (κ2) is 9.55. The van der Waals surface area contributed by atoms with E-state index in [1.165, 1.54) is 11.2 Å². The van der Waals surface area contributed by atoms with Crippen molar-refractivity contribution in [2.75, 3.05) is 13.2 Å². The van der Waals surface area contributed by atoms with Crippen LogP contribution in [-0.2, 0) is 16.1 Å². The third-order valence-electron chi connectivity index (χ3n) is 5.33. The summed E-state index contributed by atoms with van der Waals surface area (Å²) in [7, 11) is 0. The fourth-order valence-electron chi connectivity index (χ4n) is 3.78. The standard InChI is InChI=1S/C24H25N3O5/c1-2-14-31-18-8-6-17(7-9-18)22(28)20-21(19-5-3-15-32-19)27(24(30)23(20)29)12-4-11-26-13-10-25-16-26/h3,5-10,13,15-16,21,28H,2,4,11-12,14H2,1H3/b22-20+/t21-/m1/s1. The Bertz CT molecular complexity index is 1090. The van der Waals surface area contributed by atoms with E-state index in [1.54, 1.807) is 48.9 Å². The maximum Gasteiger partial charge on any atom is 0.295 e. The molecule has 0 spiro atoms. The van der Waals surface area contributed by atoms with Gasteiger partial charge in [0.25, 0.3) is 11.7 Å². The predicted molar refractivity (Wildman–Crippen MR) is 117 cm³/mol. The van der Waals surface area contributed by atoms with Crippen molar-refractivity contribution in [3.05, 3.63) is 78.3 Å². The molecule has 3 aromatic rings. The van der Waals surface area contributed by atoms with Crippen LogP contribution in [0.5, 0.6) is 5.75 Å². The number of amides is 1. The van der Waals surface area contributed by atoms with Crippen LogP contribution < -0.4 is 4.74 Å². The van der Waals surface area contributed by atoms with Gasteiger partial charge in [-0.15, -0.1) is 0 Å². The third kappa shape index (κ3) is 4.30. The first-order valence-electron chi connectivity index (χ1n) is 10.6. The molecule has 2 aromatic heterocycles. The molecule has 1 atom stereocenters. The molecule has 8 heteroatoms. The quantitative estimate of drug-likeness (QED) is 0.312. The number of nitrogens with zero attached hydrogens (tertiary/aromatic N) is 3. The number of ether oxygens (including phenoxy) is 1. The number of hydrogen-bond donors (Lipinski definition) is 1. The van der Waals surface area contributed by atoms with Crippen LogP contribution in [0.15, 0.2) is 71.4 Å². The van der Waals surface area contributed by atoms with Crippen LogP contribution in [-0.4, -0.2) is 44.4 Å². The number of hydrogen-bond acceptors (Lipinski definition) is 6. The lowest BCUT2D eigenvalue weighted by molar-refractivity contribution is -0.140. The van der Waals surface area contributed by atoms with Crippen molar-refractivity contribution >= 4 is 17.4 Å². The number of aliphatic hydroxyl groups excluding tert-OH is 1. The summed E-state index contributed by atoms with van der Waals surface area (Å²) in [5.41, 5.74) is 0.455. The molecule has 1 aliphatic heterocycles. The van der Waals surface area contributed by atoms with Gasteiger partial charge in [-0.25, -0.2) is 4.98 Å². The van der Waals surface area contributed by atoms with E-state index < -0.39 is 17.7 Å². The summed E-state index contributed by atoms with van der Waals surface area (Å²) in [6.07, 6.45) is 8.21. The molecule has 1 aliphatic rings. The molecule has 0 saturated carbocycles. The smallest absolute Gasteiger partial charge is 0.295 e. The van der Waals surface area contributed by atoms with Gasteiger partial charge in [-0.3, -0.25) is 9.59 Å². The number of likely N-dealkylation sites (tertiary alicyclic amines) is 1. The summed E-state index contributed by atoms with van der Waals surface area (Å²) in [4.78, 5) is 31.3. The molecule has 8 nitrogen and oxygen atoms in total. The van der Waals surface area contributed by atoms with E-state index in [1.807, 2.05) is 17.7 Å². The number of carbonyl (C=O) groups excluding carboxylic acids is 2. The molecule has 1 fully saturated rings. The largest absolute Gasteiger partial charge is 0.507 e. The molecule has 3 heterocycles. The van der Waals surface area contributed by atoms with Crippen molar-refractivity contribution in [2.45, 2.75) is 32.4 Å². The monoisotopic (exact) mass is 435 g/mol. The SMILES string of the molecule is CCCOc1ccc(/C(O)=C2\C(=O)C(=O)N(CCCn3ccnc3)[C@@H]2c2ccco2)cc1. The minimum Gasteiger partial charge on any atom is -0.507 e. The van der Waals surface area contributed by atoms with Crippen LogP contribution >= 0.6 is 0 Å². The Labute approximate surface area is 185 Å². The number of benzene rings is 1. The lowest BCUT2D eigenvalue weighted by Crippen LogP contribution is -2.31. The first-order chi connectivity index (χ1) is 15.6. The third-order valence-corrected chi connectivity index (χ3v) is 5.33. The highest BCUT2D eigenvalue weighted by molar-refractivity contribution is 6.46. The van der Waals surface area contributed by atoms with Gasteiger partial charge >= 0.3 is 0 Å². The van der Waals surface area contributed by atoms with Crippen LogP contribution in [0.1, 0.15) is 37.1 Å². The Morgan fingerprint density at radius 3 is 2.66 bits per heavy atom. The lowest BCUT2D eigenvalue weighted by Gasteiger charge is -2.23. The topological polar surface area (TPSA) is 97.8 Å². The van der Waals surface area contributed by atoms with E-state index >= 15 is 0 Å². The molecule has 32 heavy (non-hydrogen) atoms. The van der Waals surface area contributed by atoms with Crippen molar-refractivity contribution < 1.29 is 23.8 Å². The van der Waals surface area contributed by atoms with E-state index in [-0.39, 0.29) is 11.3 Å². The lowest BCUT2D eigenvalue weighted by atomic mass is 9.99.